The van der Waals surface area contributed by atoms with E-state index in [1.54, 1.807) is 6.92 Å². The third-order valence-corrected chi connectivity index (χ3v) is 3.31. The Morgan fingerprint density at radius 1 is 1.29 bits per heavy atom. The second-order valence-corrected chi connectivity index (χ2v) is 4.77. The van der Waals surface area contributed by atoms with Crippen molar-refractivity contribution in [3.63, 3.8) is 0 Å². The highest BCUT2D eigenvalue weighted by Gasteiger charge is 2.05. The summed E-state index contributed by atoms with van der Waals surface area (Å²) in [7, 11) is 2.03. The normalized spacial score (nSPS) is 12.2. The van der Waals surface area contributed by atoms with E-state index in [4.69, 9.17) is 0 Å². The summed E-state index contributed by atoms with van der Waals surface area (Å²) >= 11 is 0. The molecular weight excluding hydrogens is 210 g/mol. The van der Waals surface area contributed by atoms with Crippen LogP contribution >= 0.6 is 0 Å². The Morgan fingerprint density at radius 2 is 1.88 bits per heavy atom. The first-order chi connectivity index (χ1) is 8.04. The van der Waals surface area contributed by atoms with Gasteiger partial charge in [0.2, 0.25) is 0 Å². The predicted octanol–water partition coefficient (Wildman–Crippen LogP) is 3.62. The third-order valence-electron chi connectivity index (χ3n) is 3.31. The van der Waals surface area contributed by atoms with Crippen molar-refractivity contribution in [1.82, 2.24) is 0 Å². The monoisotopic (exact) mass is 233 g/mol. The van der Waals surface area contributed by atoms with E-state index in [1.807, 2.05) is 7.05 Å². The van der Waals surface area contributed by atoms with E-state index < -0.39 is 0 Å². The van der Waals surface area contributed by atoms with E-state index in [0.29, 0.717) is 12.3 Å². The summed E-state index contributed by atoms with van der Waals surface area (Å²) in [5.74, 6) is 0.861. The maximum absolute atomic E-state index is 10.9. The van der Waals surface area contributed by atoms with Crippen LogP contribution in [0, 0.1) is 0 Å². The highest BCUT2D eigenvalue weighted by molar-refractivity contribution is 5.76. The average molecular weight is 233 g/mol. The van der Waals surface area contributed by atoms with E-state index in [2.05, 4.69) is 43.0 Å². The Balaban J connectivity index is 2.63. The molecule has 0 amide bonds. The van der Waals surface area contributed by atoms with Gasteiger partial charge in [-0.05, 0) is 37.0 Å². The van der Waals surface area contributed by atoms with Gasteiger partial charge in [0.25, 0.3) is 0 Å². The lowest BCUT2D eigenvalue weighted by Crippen LogP contribution is -2.20. The van der Waals surface area contributed by atoms with Crippen molar-refractivity contribution >= 4 is 11.5 Å². The van der Waals surface area contributed by atoms with E-state index in [9.17, 15) is 4.79 Å². The Kier molecular flexibility index (Phi) is 5.20. The van der Waals surface area contributed by atoms with Gasteiger partial charge in [0, 0.05) is 25.7 Å². The lowest BCUT2D eigenvalue weighted by Gasteiger charge is -2.19. The molecule has 1 aromatic carbocycles. The number of carbonyl (C=O) groups is 1. The molecular formula is C15H23NO. The average Bonchev–Trinajstić information content (AvgIpc) is 2.35. The zero-order chi connectivity index (χ0) is 12.8. The molecule has 2 nitrogen and oxygen atoms in total. The number of benzene rings is 1. The lowest BCUT2D eigenvalue weighted by molar-refractivity contribution is -0.116. The van der Waals surface area contributed by atoms with Crippen molar-refractivity contribution in [2.45, 2.75) is 39.5 Å². The molecule has 1 atom stereocenters. The maximum Gasteiger partial charge on any atom is 0.131 e. The highest BCUT2D eigenvalue weighted by atomic mass is 16.1. The minimum absolute atomic E-state index is 0.244. The Morgan fingerprint density at radius 3 is 2.35 bits per heavy atom. The van der Waals surface area contributed by atoms with Crippen molar-refractivity contribution in [3.05, 3.63) is 29.8 Å². The van der Waals surface area contributed by atoms with Gasteiger partial charge in [-0.2, -0.15) is 0 Å². The van der Waals surface area contributed by atoms with Gasteiger partial charge < -0.3 is 4.90 Å². The summed E-state index contributed by atoms with van der Waals surface area (Å²) in [6, 6.07) is 8.66. The first-order valence-electron chi connectivity index (χ1n) is 6.35. The van der Waals surface area contributed by atoms with Gasteiger partial charge in [0.15, 0.2) is 0 Å². The van der Waals surface area contributed by atoms with E-state index in [-0.39, 0.29) is 5.78 Å². The Labute approximate surface area is 105 Å². The summed E-state index contributed by atoms with van der Waals surface area (Å²) in [4.78, 5) is 13.1. The van der Waals surface area contributed by atoms with Gasteiger partial charge in [-0.1, -0.05) is 26.0 Å². The molecule has 0 saturated heterocycles. The smallest absolute Gasteiger partial charge is 0.131 e. The van der Waals surface area contributed by atoms with Crippen molar-refractivity contribution in [2.24, 2.45) is 0 Å². The molecule has 0 aliphatic rings. The molecule has 17 heavy (non-hydrogen) atoms. The number of ketones is 1. The molecule has 0 bridgehead atoms. The van der Waals surface area contributed by atoms with Crippen LogP contribution in [0.4, 0.5) is 5.69 Å². The summed E-state index contributed by atoms with van der Waals surface area (Å²) in [5.41, 5.74) is 2.56. The SMILES string of the molecule is CCC(C)c1ccc(N(C)CCC(C)=O)cc1. The molecule has 0 spiro atoms. The van der Waals surface area contributed by atoms with Crippen LogP contribution < -0.4 is 4.90 Å². The fraction of sp³-hybridized carbons (Fsp3) is 0.533. The highest BCUT2D eigenvalue weighted by Crippen LogP contribution is 2.21. The van der Waals surface area contributed by atoms with Gasteiger partial charge in [-0.15, -0.1) is 0 Å². The molecule has 0 radical (unpaired) electrons. The molecule has 0 aliphatic carbocycles. The summed E-state index contributed by atoms with van der Waals surface area (Å²) < 4.78 is 0. The summed E-state index contributed by atoms with van der Waals surface area (Å²) in [5, 5.41) is 0. The van der Waals surface area contributed by atoms with E-state index in [0.717, 1.165) is 6.54 Å². The predicted molar refractivity (Wildman–Crippen MR) is 73.7 cm³/mol. The molecule has 0 aliphatic heterocycles. The first-order valence-corrected chi connectivity index (χ1v) is 6.35. The largest absolute Gasteiger partial charge is 0.374 e. The molecule has 1 unspecified atom stereocenters. The fourth-order valence-electron chi connectivity index (χ4n) is 1.75. The standard InChI is InChI=1S/C15H23NO/c1-5-12(2)14-6-8-15(9-7-14)16(4)11-10-13(3)17/h6-9,12H,5,10-11H2,1-4H3. The number of hydrogen-bond acceptors (Lipinski definition) is 2. The number of nitrogens with zero attached hydrogens (tertiary/aromatic N) is 1. The minimum Gasteiger partial charge on any atom is -0.374 e. The number of Topliss-reactive ketones (excluding diaryl/α,β-unsaturated/α-hetero) is 1. The van der Waals surface area contributed by atoms with Gasteiger partial charge in [0.05, 0.1) is 0 Å². The minimum atomic E-state index is 0.244. The van der Waals surface area contributed by atoms with Crippen LogP contribution in [0.2, 0.25) is 0 Å². The molecule has 94 valence electrons. The van der Waals surface area contributed by atoms with Gasteiger partial charge >= 0.3 is 0 Å². The van der Waals surface area contributed by atoms with Crippen LogP contribution in [-0.2, 0) is 4.79 Å². The van der Waals surface area contributed by atoms with Crippen molar-refractivity contribution in [3.8, 4) is 0 Å². The maximum atomic E-state index is 10.9. The van der Waals surface area contributed by atoms with E-state index >= 15 is 0 Å². The molecule has 0 heterocycles. The molecule has 0 fully saturated rings. The summed E-state index contributed by atoms with van der Waals surface area (Å²) in [6.45, 7) is 6.88. The quantitative estimate of drug-likeness (QED) is 0.748. The van der Waals surface area contributed by atoms with Gasteiger partial charge in [-0.3, -0.25) is 4.79 Å². The lowest BCUT2D eigenvalue weighted by atomic mass is 9.98. The zero-order valence-corrected chi connectivity index (χ0v) is 11.4. The van der Waals surface area contributed by atoms with Crippen LogP contribution in [0.15, 0.2) is 24.3 Å². The van der Waals surface area contributed by atoms with Gasteiger partial charge in [0.1, 0.15) is 5.78 Å². The molecule has 0 N–H and O–H groups in total. The van der Waals surface area contributed by atoms with Gasteiger partial charge in [-0.25, -0.2) is 0 Å². The van der Waals surface area contributed by atoms with Crippen LogP contribution in [-0.4, -0.2) is 19.4 Å². The fourth-order valence-corrected chi connectivity index (χ4v) is 1.75. The first kappa shape index (κ1) is 13.8. The van der Waals surface area contributed by atoms with Crippen LogP contribution in [0.3, 0.4) is 0 Å². The number of hydrogen-bond donors (Lipinski definition) is 0. The number of anilines is 1. The summed E-state index contributed by atoms with van der Waals surface area (Å²) in [6.07, 6.45) is 1.78. The molecule has 0 aromatic heterocycles. The molecule has 2 heteroatoms. The topological polar surface area (TPSA) is 20.3 Å². The van der Waals surface area contributed by atoms with Crippen molar-refractivity contribution in [1.29, 1.82) is 0 Å². The molecule has 1 rings (SSSR count). The zero-order valence-electron chi connectivity index (χ0n) is 11.4. The molecule has 1 aromatic rings. The Hall–Kier alpha value is -1.31. The van der Waals surface area contributed by atoms with Crippen LogP contribution in [0.5, 0.6) is 0 Å². The molecule has 0 saturated carbocycles. The number of rotatable bonds is 6. The van der Waals surface area contributed by atoms with Crippen LogP contribution in [0.1, 0.15) is 45.1 Å². The van der Waals surface area contributed by atoms with E-state index in [1.165, 1.54) is 17.7 Å². The second-order valence-electron chi connectivity index (χ2n) is 4.77. The van der Waals surface area contributed by atoms with Crippen molar-refractivity contribution < 1.29 is 4.79 Å². The van der Waals surface area contributed by atoms with Crippen molar-refractivity contribution in [2.75, 3.05) is 18.5 Å². The van der Waals surface area contributed by atoms with Crippen LogP contribution in [0.25, 0.3) is 0 Å². The third kappa shape index (κ3) is 4.22. The number of carbonyl (C=O) groups excluding carboxylic acids is 1. The second kappa shape index (κ2) is 6.43. The Bertz CT molecular complexity index is 356.